The van der Waals surface area contributed by atoms with Crippen LogP contribution in [0, 0.1) is 0 Å². The van der Waals surface area contributed by atoms with Gasteiger partial charge in [0.15, 0.2) is 0 Å². The van der Waals surface area contributed by atoms with E-state index in [9.17, 15) is 47.9 Å². The molecule has 0 radical (unpaired) electrons. The van der Waals surface area contributed by atoms with Crippen LogP contribution in [0.4, 0.5) is 0 Å². The molecule has 5 aliphatic rings. The minimum Gasteiger partial charge on any atom is -0.466 e. The third-order valence-corrected chi connectivity index (χ3v) is 29.6. The maximum Gasteiger partial charge on any atom is 0.307 e. The lowest BCUT2D eigenvalue weighted by Crippen LogP contribution is -2.35. The first-order valence-electron chi connectivity index (χ1n) is 40.3. The van der Waals surface area contributed by atoms with Gasteiger partial charge in [0.25, 0.3) is 0 Å². The number of nitrogens with zero attached hydrogens (tertiary/aromatic N) is 5. The van der Waals surface area contributed by atoms with Crippen LogP contribution in [0.5, 0.6) is 0 Å². The monoisotopic (exact) mass is 1820 g/mol. The lowest BCUT2D eigenvalue weighted by molar-refractivity contribution is -0.152. The van der Waals surface area contributed by atoms with E-state index in [0.717, 1.165) is 129 Å². The van der Waals surface area contributed by atoms with Gasteiger partial charge in [-0.15, -0.1) is 0 Å². The topological polar surface area (TPSA) is 316 Å². The number of hydrogen-bond acceptors (Lipinski definition) is 39. The Balaban J connectivity index is 0.000000723. The van der Waals surface area contributed by atoms with Crippen molar-refractivity contribution < 1.29 is 114 Å². The molecule has 0 aromatic rings. The molecule has 0 unspecified atom stereocenters. The van der Waals surface area contributed by atoms with Gasteiger partial charge in [-0.1, -0.05) is 143 Å². The molecule has 0 atom stereocenters. The van der Waals surface area contributed by atoms with E-state index in [4.69, 9.17) is 66.3 Å². The van der Waals surface area contributed by atoms with Gasteiger partial charge in [-0.3, -0.25) is 47.9 Å². The van der Waals surface area contributed by atoms with Crippen molar-refractivity contribution in [2.45, 2.75) is 180 Å². The molecule has 5 heterocycles. The standard InChI is InChI=1S/C19H35NO7S2.C15H27NO5S2.C15H27NO4S2.C14H25NO4S2.C13H23NO4S2/c1-3-4-18(21)26-13-11-24-9-7-23-8-10-25-12-14-27-19(22)5-6-20(2)17-15-28-29-16-17;1-3-4-14(17)20-9-7-19-8-10-21-15(18)5-6-16(2)13-11-22-23-12-13;1-3-6-14(17)19-9-4-5-10-20-15(18)7-8-16(2)13-11-21-22-12-13;1-3-5-13(16)18-8-4-9-19-14(17)6-7-15(2)12-10-20-21-11-12;1-3-4-12(15)17-7-8-18-13(16)5-6-14(2)11-9-19-20-10-11/h17H,3-16H2,1-2H3;13H,3-12H2,1-2H3;13H,3-12H2,1-2H3;12H,3-11H2,1-2H3;11H,3-10H2,1-2H3. The van der Waals surface area contributed by atoms with Crippen molar-refractivity contribution in [3.05, 3.63) is 0 Å². The first kappa shape index (κ1) is 111. The molecule has 5 aliphatic heterocycles. The fraction of sp³-hybridized carbons (Fsp3) is 0.868. The molecule has 0 saturated carbocycles. The fourth-order valence-electron chi connectivity index (χ4n) is 9.59. The van der Waals surface area contributed by atoms with Crippen LogP contribution in [0.1, 0.15) is 150 Å². The Morgan fingerprint density at radius 2 is 0.348 bits per heavy atom. The predicted octanol–water partition coefficient (Wildman–Crippen LogP) is 11.0. The molecule has 0 aromatic heterocycles. The zero-order valence-corrected chi connectivity index (χ0v) is 78.2. The number of hydrogen-bond donors (Lipinski definition) is 0. The summed E-state index contributed by atoms with van der Waals surface area (Å²) in [6.45, 7) is 19.2. The van der Waals surface area contributed by atoms with Crippen molar-refractivity contribution in [3.8, 4) is 0 Å². The van der Waals surface area contributed by atoms with Gasteiger partial charge < -0.3 is 90.8 Å². The van der Waals surface area contributed by atoms with Crippen molar-refractivity contribution >= 4 is 168 Å². The highest BCUT2D eigenvalue weighted by Crippen LogP contribution is 2.36. The van der Waals surface area contributed by atoms with Crippen molar-refractivity contribution in [1.82, 2.24) is 24.5 Å². The number of rotatable bonds is 60. The van der Waals surface area contributed by atoms with Gasteiger partial charge in [-0.2, -0.15) is 0 Å². The second-order valence-corrected chi connectivity index (χ2v) is 39.5. The smallest absolute Gasteiger partial charge is 0.307 e. The van der Waals surface area contributed by atoms with E-state index >= 15 is 0 Å². The van der Waals surface area contributed by atoms with Crippen LogP contribution in [-0.2, 0) is 114 Å². The van der Waals surface area contributed by atoms with E-state index < -0.39 is 0 Å². The summed E-state index contributed by atoms with van der Waals surface area (Å²) in [6.07, 6.45) is 10.2. The number of carbonyl (C=O) groups is 10. The Kier molecular flexibility index (Phi) is 75.1. The van der Waals surface area contributed by atoms with Gasteiger partial charge in [-0.25, -0.2) is 0 Å². The molecule has 0 amide bonds. The van der Waals surface area contributed by atoms with Gasteiger partial charge in [0.1, 0.15) is 39.6 Å². The SMILES string of the molecule is CCCC(=O)OCCCCOC(=O)CCN(C)C1CSSC1.CCCC(=O)OCCCOC(=O)CCN(C)C1CSSC1.CCCC(=O)OCCOC(=O)CCN(C)C1CSSC1.CCCC(=O)OCCOCCOC(=O)CCN(C)C1CSSC1.CCCC(=O)OCCOCCOCCOCCOC(=O)CCN(C)C1CSSC1. The summed E-state index contributed by atoms with van der Waals surface area (Å²) in [6, 6.07) is 2.78. The van der Waals surface area contributed by atoms with Crippen LogP contribution >= 0.6 is 108 Å². The largest absolute Gasteiger partial charge is 0.466 e. The zero-order valence-electron chi connectivity index (χ0n) is 70.1. The lowest BCUT2D eigenvalue weighted by Gasteiger charge is -2.22. The predicted molar refractivity (Wildman–Crippen MR) is 471 cm³/mol. The van der Waals surface area contributed by atoms with Crippen LogP contribution in [0.25, 0.3) is 0 Å². The number of ether oxygens (including phenoxy) is 14. The molecule has 0 spiro atoms. The summed E-state index contributed by atoms with van der Waals surface area (Å²) >= 11 is 0. The van der Waals surface area contributed by atoms with E-state index in [1.165, 1.54) is 0 Å². The van der Waals surface area contributed by atoms with Gasteiger partial charge in [-0.05, 0) is 80.2 Å². The van der Waals surface area contributed by atoms with Gasteiger partial charge >= 0.3 is 59.7 Å². The van der Waals surface area contributed by atoms with Crippen LogP contribution in [0.15, 0.2) is 0 Å². The van der Waals surface area contributed by atoms with E-state index in [0.29, 0.717) is 187 Å². The molecule has 5 rings (SSSR count). The van der Waals surface area contributed by atoms with Crippen molar-refractivity contribution in [2.75, 3.05) is 244 Å². The second kappa shape index (κ2) is 77.9. The molecule has 0 aromatic carbocycles. The second-order valence-electron chi connectivity index (χ2n) is 26.7. The summed E-state index contributed by atoms with van der Waals surface area (Å²) in [5.74, 6) is 9.31. The Labute approximate surface area is 725 Å². The van der Waals surface area contributed by atoms with Crippen molar-refractivity contribution in [2.24, 2.45) is 0 Å². The average molecular weight is 1830 g/mol. The minimum atomic E-state index is -0.237. The molecule has 0 aliphatic carbocycles. The Morgan fingerprint density at radius 3 is 0.522 bits per heavy atom. The van der Waals surface area contributed by atoms with Gasteiger partial charge in [0.05, 0.1) is 111 Å². The normalized spacial score (nSPS) is 15.1. The summed E-state index contributed by atoms with van der Waals surface area (Å²) in [5, 5.41) is 0. The quantitative estimate of drug-likeness (QED) is 0.0236. The highest BCUT2D eigenvalue weighted by molar-refractivity contribution is 8.78. The molecule has 670 valence electrons. The lowest BCUT2D eigenvalue weighted by atomic mass is 10.3. The third kappa shape index (κ3) is 66.1. The highest BCUT2D eigenvalue weighted by Gasteiger charge is 2.26. The maximum absolute atomic E-state index is 11.7. The summed E-state index contributed by atoms with van der Waals surface area (Å²) in [7, 11) is 29.1. The number of unbranched alkanes of at least 4 members (excludes halogenated alkanes) is 1. The molecule has 39 heteroatoms. The molecule has 5 saturated heterocycles. The number of esters is 10. The molecule has 0 bridgehead atoms. The fourth-order valence-corrected chi connectivity index (χ4v) is 24.2. The summed E-state index contributed by atoms with van der Waals surface area (Å²) < 4.78 is 71.8. The van der Waals surface area contributed by atoms with E-state index in [2.05, 4.69) is 45.6 Å². The van der Waals surface area contributed by atoms with Crippen molar-refractivity contribution in [3.63, 3.8) is 0 Å². The van der Waals surface area contributed by atoms with Crippen LogP contribution in [0.3, 0.4) is 0 Å². The molecule has 5 fully saturated rings. The van der Waals surface area contributed by atoms with Crippen LogP contribution in [-0.4, -0.2) is 359 Å². The highest BCUT2D eigenvalue weighted by atomic mass is 33.1. The maximum atomic E-state index is 11.7. The van der Waals surface area contributed by atoms with Crippen LogP contribution < -0.4 is 0 Å². The van der Waals surface area contributed by atoms with Gasteiger partial charge in [0.2, 0.25) is 0 Å². The summed E-state index contributed by atoms with van der Waals surface area (Å²) in [5.41, 5.74) is 0. The number of carbonyl (C=O) groups excluding carboxylic acids is 10. The molecule has 29 nitrogen and oxygen atoms in total. The Bertz CT molecular complexity index is 2520. The average Bonchev–Trinajstić information content (AvgIpc) is 1.84. The Hall–Kier alpha value is -2.16. The van der Waals surface area contributed by atoms with E-state index in [-0.39, 0.29) is 99.3 Å². The first-order chi connectivity index (χ1) is 55.7. The first-order valence-corrected chi connectivity index (χ1v) is 52.7. The van der Waals surface area contributed by atoms with E-state index in [1.54, 1.807) is 0 Å². The van der Waals surface area contributed by atoms with Crippen LogP contribution in [0.2, 0.25) is 0 Å². The summed E-state index contributed by atoms with van der Waals surface area (Å²) in [4.78, 5) is 125. The molecule has 0 N–H and O–H groups in total. The van der Waals surface area contributed by atoms with E-state index in [1.807, 2.05) is 157 Å². The molecule has 115 heavy (non-hydrogen) atoms. The minimum absolute atomic E-state index is 0.145. The van der Waals surface area contributed by atoms with Crippen molar-refractivity contribution in [1.29, 1.82) is 0 Å². The van der Waals surface area contributed by atoms with Gasteiger partial charge in [0, 0.05) is 159 Å². The Morgan fingerprint density at radius 1 is 0.209 bits per heavy atom. The third-order valence-electron chi connectivity index (χ3n) is 16.9. The molecular formula is C76H137N5O24S10. The molecular weight excluding hydrogens is 1690 g/mol. The zero-order chi connectivity index (χ0) is 84.6.